The lowest BCUT2D eigenvalue weighted by Crippen LogP contribution is -2.47. The first kappa shape index (κ1) is 17.6. The molecule has 132 valence electrons. The molecule has 1 aromatic carbocycles. The number of carbonyl (C=O) groups excluding carboxylic acids is 2. The van der Waals surface area contributed by atoms with Gasteiger partial charge in [-0.05, 0) is 35.9 Å². The van der Waals surface area contributed by atoms with Gasteiger partial charge in [-0.3, -0.25) is 15.0 Å². The van der Waals surface area contributed by atoms with Gasteiger partial charge in [-0.1, -0.05) is 37.3 Å². The monoisotopic (exact) mass is 357 g/mol. The molecule has 0 saturated carbocycles. The highest BCUT2D eigenvalue weighted by Gasteiger charge is 2.31. The van der Waals surface area contributed by atoms with E-state index in [0.717, 1.165) is 16.9 Å². The number of thiophene rings is 1. The van der Waals surface area contributed by atoms with Crippen molar-refractivity contribution >= 4 is 23.3 Å². The van der Waals surface area contributed by atoms with Crippen LogP contribution in [0.25, 0.3) is 0 Å². The molecule has 3 rings (SSSR count). The van der Waals surface area contributed by atoms with Crippen molar-refractivity contribution in [3.8, 4) is 0 Å². The van der Waals surface area contributed by atoms with Gasteiger partial charge in [0.25, 0.3) is 0 Å². The van der Waals surface area contributed by atoms with Crippen LogP contribution in [0.5, 0.6) is 0 Å². The Kier molecular flexibility index (Phi) is 5.50. The summed E-state index contributed by atoms with van der Waals surface area (Å²) in [6, 6.07) is 11.7. The number of benzene rings is 1. The minimum absolute atomic E-state index is 0.0736. The van der Waals surface area contributed by atoms with Crippen LogP contribution >= 0.6 is 11.3 Å². The number of nitrogens with zero attached hydrogens (tertiary/aromatic N) is 1. The summed E-state index contributed by atoms with van der Waals surface area (Å²) in [4.78, 5) is 26.8. The fourth-order valence-corrected chi connectivity index (χ4v) is 3.79. The molecule has 1 saturated heterocycles. The molecule has 3 amide bonds. The maximum atomic E-state index is 12.6. The minimum Gasteiger partial charge on any atom is -0.336 e. The van der Waals surface area contributed by atoms with Crippen molar-refractivity contribution in [1.29, 1.82) is 0 Å². The van der Waals surface area contributed by atoms with Crippen LogP contribution < -0.4 is 10.6 Å². The first-order valence-corrected chi connectivity index (χ1v) is 9.45. The largest absolute Gasteiger partial charge is 0.336 e. The van der Waals surface area contributed by atoms with E-state index in [1.54, 1.807) is 11.3 Å². The molecule has 0 unspecified atom stereocenters. The molecular formula is C19H23N3O2S. The van der Waals surface area contributed by atoms with E-state index < -0.39 is 6.04 Å². The smallest absolute Gasteiger partial charge is 0.324 e. The molecule has 2 atom stereocenters. The van der Waals surface area contributed by atoms with Gasteiger partial charge in [-0.2, -0.15) is 0 Å². The Morgan fingerprint density at radius 1 is 1.32 bits per heavy atom. The lowest BCUT2D eigenvalue weighted by Gasteiger charge is -2.25. The quantitative estimate of drug-likeness (QED) is 0.836. The minimum atomic E-state index is -0.457. The predicted octanol–water partition coefficient (Wildman–Crippen LogP) is 2.93. The van der Waals surface area contributed by atoms with Gasteiger partial charge in [-0.15, -0.1) is 11.3 Å². The lowest BCUT2D eigenvalue weighted by molar-refractivity contribution is -0.129. The summed E-state index contributed by atoms with van der Waals surface area (Å²) in [6.07, 6.45) is 0.996. The first-order valence-electron chi connectivity index (χ1n) is 8.57. The van der Waals surface area contributed by atoms with Gasteiger partial charge in [0.2, 0.25) is 5.91 Å². The molecule has 0 bridgehead atoms. The van der Waals surface area contributed by atoms with Crippen LogP contribution in [0.3, 0.4) is 0 Å². The van der Waals surface area contributed by atoms with E-state index >= 15 is 0 Å². The Hall–Kier alpha value is -2.18. The molecule has 5 nitrogen and oxygen atoms in total. The number of carbonyl (C=O) groups is 2. The highest BCUT2D eigenvalue weighted by molar-refractivity contribution is 7.10. The number of nitrogens with one attached hydrogen (secondary N) is 2. The summed E-state index contributed by atoms with van der Waals surface area (Å²) < 4.78 is 0. The van der Waals surface area contributed by atoms with Crippen molar-refractivity contribution in [3.63, 3.8) is 0 Å². The molecule has 1 aromatic heterocycles. The zero-order valence-electron chi connectivity index (χ0n) is 14.5. The zero-order chi connectivity index (χ0) is 17.8. The molecule has 2 aromatic rings. The SMILES string of the molecule is CCc1ccc([C@@H](N[C@H](C)C(=O)N2CCNC2=O)c2cccs2)cc1. The van der Waals surface area contributed by atoms with E-state index in [1.165, 1.54) is 10.5 Å². The normalized spacial score (nSPS) is 16.6. The molecule has 1 fully saturated rings. The number of hydrogen-bond donors (Lipinski definition) is 2. The second-order valence-electron chi connectivity index (χ2n) is 6.15. The van der Waals surface area contributed by atoms with Crippen molar-refractivity contribution in [3.05, 3.63) is 57.8 Å². The van der Waals surface area contributed by atoms with Crippen molar-refractivity contribution in [2.24, 2.45) is 0 Å². The third kappa shape index (κ3) is 3.91. The summed E-state index contributed by atoms with van der Waals surface area (Å²) in [7, 11) is 0. The maximum absolute atomic E-state index is 12.6. The van der Waals surface area contributed by atoms with Gasteiger partial charge in [0.15, 0.2) is 0 Å². The molecule has 25 heavy (non-hydrogen) atoms. The van der Waals surface area contributed by atoms with Crippen molar-refractivity contribution < 1.29 is 9.59 Å². The number of aryl methyl sites for hydroxylation is 1. The molecule has 0 spiro atoms. The van der Waals surface area contributed by atoms with Crippen LogP contribution in [-0.2, 0) is 11.2 Å². The Balaban J connectivity index is 1.80. The molecule has 0 aliphatic carbocycles. The Morgan fingerprint density at radius 3 is 2.64 bits per heavy atom. The van der Waals surface area contributed by atoms with Gasteiger partial charge in [0.05, 0.1) is 12.1 Å². The Bertz CT molecular complexity index is 728. The molecule has 2 N–H and O–H groups in total. The number of urea groups is 1. The maximum Gasteiger partial charge on any atom is 0.324 e. The number of hydrogen-bond acceptors (Lipinski definition) is 4. The highest BCUT2D eigenvalue weighted by atomic mass is 32.1. The van der Waals surface area contributed by atoms with E-state index in [2.05, 4.69) is 47.9 Å². The first-order chi connectivity index (χ1) is 12.1. The van der Waals surface area contributed by atoms with Gasteiger partial charge in [-0.25, -0.2) is 4.79 Å². The van der Waals surface area contributed by atoms with Crippen LogP contribution in [0, 0.1) is 0 Å². The van der Waals surface area contributed by atoms with Gasteiger partial charge < -0.3 is 5.32 Å². The fraction of sp³-hybridized carbons (Fsp3) is 0.368. The van der Waals surface area contributed by atoms with Crippen LogP contribution in [0.4, 0.5) is 4.79 Å². The molecule has 2 heterocycles. The summed E-state index contributed by atoms with van der Waals surface area (Å²) in [5.41, 5.74) is 2.40. The van der Waals surface area contributed by atoms with Gasteiger partial charge in [0, 0.05) is 18.0 Å². The van der Waals surface area contributed by atoms with E-state index in [4.69, 9.17) is 0 Å². The van der Waals surface area contributed by atoms with Gasteiger partial charge >= 0.3 is 6.03 Å². The van der Waals surface area contributed by atoms with Crippen LogP contribution in [0.2, 0.25) is 0 Å². The number of amides is 3. The van der Waals surface area contributed by atoms with Gasteiger partial charge in [0.1, 0.15) is 0 Å². The predicted molar refractivity (Wildman–Crippen MR) is 99.7 cm³/mol. The van der Waals surface area contributed by atoms with E-state index in [1.807, 2.05) is 18.4 Å². The zero-order valence-corrected chi connectivity index (χ0v) is 15.3. The fourth-order valence-electron chi connectivity index (χ4n) is 2.98. The molecule has 6 heteroatoms. The van der Waals surface area contributed by atoms with E-state index in [0.29, 0.717) is 13.1 Å². The Morgan fingerprint density at radius 2 is 2.08 bits per heavy atom. The van der Waals surface area contributed by atoms with Crippen molar-refractivity contribution in [2.45, 2.75) is 32.4 Å². The van der Waals surface area contributed by atoms with Crippen molar-refractivity contribution in [1.82, 2.24) is 15.5 Å². The van der Waals surface area contributed by atoms with E-state index in [-0.39, 0.29) is 18.0 Å². The summed E-state index contributed by atoms with van der Waals surface area (Å²) in [5.74, 6) is -0.193. The molecule has 0 radical (unpaired) electrons. The average Bonchev–Trinajstić information content (AvgIpc) is 3.30. The topological polar surface area (TPSA) is 61.4 Å². The number of imide groups is 1. The highest BCUT2D eigenvalue weighted by Crippen LogP contribution is 2.27. The summed E-state index contributed by atoms with van der Waals surface area (Å²) >= 11 is 1.66. The second-order valence-corrected chi connectivity index (χ2v) is 7.13. The summed E-state index contributed by atoms with van der Waals surface area (Å²) in [5, 5.41) is 8.11. The lowest BCUT2D eigenvalue weighted by atomic mass is 10.0. The standard InChI is InChI=1S/C19H23N3O2S/c1-3-14-6-8-15(9-7-14)17(16-5-4-12-25-16)21-13(2)18(23)22-11-10-20-19(22)24/h4-9,12-13,17,21H,3,10-11H2,1-2H3,(H,20,24)/t13-,17-/m1/s1. The second kappa shape index (κ2) is 7.80. The van der Waals surface area contributed by atoms with Crippen LogP contribution in [-0.4, -0.2) is 36.0 Å². The molecule has 1 aliphatic rings. The van der Waals surface area contributed by atoms with Crippen LogP contribution in [0.1, 0.15) is 35.9 Å². The third-order valence-electron chi connectivity index (χ3n) is 4.46. The van der Waals surface area contributed by atoms with Crippen molar-refractivity contribution in [2.75, 3.05) is 13.1 Å². The average molecular weight is 357 g/mol. The molecular weight excluding hydrogens is 334 g/mol. The Labute approximate surface area is 152 Å². The third-order valence-corrected chi connectivity index (χ3v) is 5.40. The van der Waals surface area contributed by atoms with Crippen LogP contribution in [0.15, 0.2) is 41.8 Å². The summed E-state index contributed by atoms with van der Waals surface area (Å²) in [6.45, 7) is 4.89. The number of rotatable bonds is 6. The van der Waals surface area contributed by atoms with E-state index in [9.17, 15) is 9.59 Å². The molecule has 1 aliphatic heterocycles.